The maximum atomic E-state index is 14.4. The first-order valence-corrected chi connectivity index (χ1v) is 11.8. The van der Waals surface area contributed by atoms with Gasteiger partial charge in [0.15, 0.2) is 0 Å². The lowest BCUT2D eigenvalue weighted by Gasteiger charge is -2.42. The molecule has 0 radical (unpaired) electrons. The lowest BCUT2D eigenvalue weighted by Crippen LogP contribution is -2.55. The Bertz CT molecular complexity index is 1350. The number of carbonyl (C=O) groups is 1. The topological polar surface area (TPSA) is 76.4 Å². The van der Waals surface area contributed by atoms with Gasteiger partial charge in [0.2, 0.25) is 5.91 Å². The standard InChI is InChI=1S/C27H27FN6O/c1-3-26(35)34-15-14-33(16-19(34)10-12-29)27-22-11-13-32(17-24(22)30-18(2)31-27)25-9-8-23(28)20-6-4-5-7-21(20)25/h3-9,19H,1,10-11,13-17H2,2H3. The van der Waals surface area contributed by atoms with E-state index in [2.05, 4.69) is 22.4 Å². The average Bonchev–Trinajstić information content (AvgIpc) is 2.88. The number of anilines is 2. The Morgan fingerprint density at radius 1 is 1.17 bits per heavy atom. The summed E-state index contributed by atoms with van der Waals surface area (Å²) in [6.45, 7) is 8.56. The van der Waals surface area contributed by atoms with Crippen LogP contribution in [0.2, 0.25) is 0 Å². The van der Waals surface area contributed by atoms with Crippen molar-refractivity contribution in [3.8, 4) is 6.07 Å². The molecule has 0 N–H and O–H groups in total. The Balaban J connectivity index is 1.45. The number of fused-ring (bicyclic) bond motifs is 2. The van der Waals surface area contributed by atoms with E-state index in [1.807, 2.05) is 37.3 Å². The minimum absolute atomic E-state index is 0.145. The molecular weight excluding hydrogens is 443 g/mol. The lowest BCUT2D eigenvalue weighted by molar-refractivity contribution is -0.128. The van der Waals surface area contributed by atoms with Crippen molar-refractivity contribution in [1.82, 2.24) is 14.9 Å². The number of aromatic nitrogens is 2. The van der Waals surface area contributed by atoms with Gasteiger partial charge in [0, 0.05) is 48.2 Å². The van der Waals surface area contributed by atoms with E-state index in [1.54, 1.807) is 4.90 Å². The predicted molar refractivity (Wildman–Crippen MR) is 134 cm³/mol. The summed E-state index contributed by atoms with van der Waals surface area (Å²) in [6, 6.07) is 12.9. The normalized spacial score (nSPS) is 17.7. The van der Waals surface area contributed by atoms with Gasteiger partial charge < -0.3 is 14.7 Å². The van der Waals surface area contributed by atoms with Crippen LogP contribution in [0.5, 0.6) is 0 Å². The number of benzene rings is 2. The first-order chi connectivity index (χ1) is 17.0. The molecule has 1 fully saturated rings. The third kappa shape index (κ3) is 4.18. The van der Waals surface area contributed by atoms with Gasteiger partial charge in [-0.05, 0) is 31.6 Å². The van der Waals surface area contributed by atoms with Crippen molar-refractivity contribution < 1.29 is 9.18 Å². The molecule has 3 aromatic rings. The monoisotopic (exact) mass is 470 g/mol. The van der Waals surface area contributed by atoms with Crippen LogP contribution in [0.1, 0.15) is 23.5 Å². The molecule has 2 aromatic carbocycles. The molecule has 1 unspecified atom stereocenters. The third-order valence-corrected chi connectivity index (χ3v) is 6.91. The van der Waals surface area contributed by atoms with Crippen molar-refractivity contribution in [2.75, 3.05) is 36.0 Å². The number of hydrogen-bond acceptors (Lipinski definition) is 6. The van der Waals surface area contributed by atoms with Gasteiger partial charge in [0.1, 0.15) is 17.5 Å². The van der Waals surface area contributed by atoms with E-state index in [4.69, 9.17) is 9.97 Å². The van der Waals surface area contributed by atoms with Crippen molar-refractivity contribution in [1.29, 1.82) is 5.26 Å². The molecule has 1 atom stereocenters. The van der Waals surface area contributed by atoms with E-state index >= 15 is 0 Å². The van der Waals surface area contributed by atoms with Crippen LogP contribution in [-0.2, 0) is 17.8 Å². The Kier molecular flexibility index (Phi) is 6.08. The molecule has 0 bridgehead atoms. The van der Waals surface area contributed by atoms with Crippen LogP contribution in [0.3, 0.4) is 0 Å². The Labute approximate surface area is 204 Å². The third-order valence-electron chi connectivity index (χ3n) is 6.91. The van der Waals surface area contributed by atoms with Gasteiger partial charge in [-0.3, -0.25) is 4.79 Å². The highest BCUT2D eigenvalue weighted by Gasteiger charge is 2.32. The molecule has 35 heavy (non-hydrogen) atoms. The number of halogens is 1. The van der Waals surface area contributed by atoms with Crippen molar-refractivity contribution in [2.45, 2.75) is 32.4 Å². The number of rotatable bonds is 4. The number of hydrogen-bond donors (Lipinski definition) is 0. The fraction of sp³-hybridized carbons (Fsp3) is 0.333. The number of amides is 1. The van der Waals surface area contributed by atoms with Gasteiger partial charge in [0.25, 0.3) is 0 Å². The summed E-state index contributed by atoms with van der Waals surface area (Å²) < 4.78 is 14.4. The summed E-state index contributed by atoms with van der Waals surface area (Å²) in [6.07, 6.45) is 2.32. The van der Waals surface area contributed by atoms with Gasteiger partial charge in [-0.15, -0.1) is 0 Å². The highest BCUT2D eigenvalue weighted by Crippen LogP contribution is 2.34. The van der Waals surface area contributed by atoms with Crippen molar-refractivity contribution in [3.05, 3.63) is 72.0 Å². The maximum Gasteiger partial charge on any atom is 0.246 e. The lowest BCUT2D eigenvalue weighted by atomic mass is 10.0. The SMILES string of the molecule is C=CC(=O)N1CCN(c2nc(C)nc3c2CCN(c2ccc(F)c4ccccc24)C3)CC1CC#N. The minimum Gasteiger partial charge on any atom is -0.365 e. The molecule has 0 aliphatic carbocycles. The largest absolute Gasteiger partial charge is 0.365 e. The van der Waals surface area contributed by atoms with E-state index in [1.165, 1.54) is 12.1 Å². The van der Waals surface area contributed by atoms with Crippen LogP contribution in [-0.4, -0.2) is 53.0 Å². The molecular formula is C27H27FN6O. The zero-order valence-electron chi connectivity index (χ0n) is 19.7. The van der Waals surface area contributed by atoms with E-state index in [-0.39, 0.29) is 24.2 Å². The van der Waals surface area contributed by atoms with Crippen LogP contribution >= 0.6 is 0 Å². The molecule has 1 aromatic heterocycles. The zero-order chi connectivity index (χ0) is 24.5. The zero-order valence-corrected chi connectivity index (χ0v) is 19.7. The van der Waals surface area contributed by atoms with Crippen molar-refractivity contribution in [3.63, 3.8) is 0 Å². The Hall–Kier alpha value is -3.99. The molecule has 7 nitrogen and oxygen atoms in total. The second-order valence-corrected chi connectivity index (χ2v) is 9.00. The average molecular weight is 471 g/mol. The molecule has 1 saturated heterocycles. The fourth-order valence-electron chi connectivity index (χ4n) is 5.26. The van der Waals surface area contributed by atoms with Crippen LogP contribution in [0.4, 0.5) is 15.9 Å². The Morgan fingerprint density at radius 3 is 2.74 bits per heavy atom. The molecule has 3 heterocycles. The highest BCUT2D eigenvalue weighted by atomic mass is 19.1. The van der Waals surface area contributed by atoms with Crippen LogP contribution in [0, 0.1) is 24.1 Å². The molecule has 5 rings (SSSR count). The van der Waals surface area contributed by atoms with E-state index in [0.29, 0.717) is 37.4 Å². The fourth-order valence-corrected chi connectivity index (χ4v) is 5.26. The molecule has 0 saturated carbocycles. The van der Waals surface area contributed by atoms with E-state index in [0.717, 1.165) is 41.1 Å². The highest BCUT2D eigenvalue weighted by molar-refractivity contribution is 5.94. The summed E-state index contributed by atoms with van der Waals surface area (Å²) in [4.78, 5) is 28.0. The number of piperazine rings is 1. The molecule has 1 amide bonds. The molecule has 0 spiro atoms. The quantitative estimate of drug-likeness (QED) is 0.541. The van der Waals surface area contributed by atoms with Crippen molar-refractivity contribution in [2.24, 2.45) is 0 Å². The maximum absolute atomic E-state index is 14.4. The first-order valence-electron chi connectivity index (χ1n) is 11.8. The van der Waals surface area contributed by atoms with E-state index < -0.39 is 0 Å². The summed E-state index contributed by atoms with van der Waals surface area (Å²) in [7, 11) is 0. The number of aryl methyl sites for hydroxylation is 1. The number of carbonyl (C=O) groups excluding carboxylic acids is 1. The Morgan fingerprint density at radius 2 is 1.97 bits per heavy atom. The minimum atomic E-state index is -0.219. The second-order valence-electron chi connectivity index (χ2n) is 9.00. The van der Waals surface area contributed by atoms with Gasteiger partial charge in [-0.1, -0.05) is 30.8 Å². The van der Waals surface area contributed by atoms with Gasteiger partial charge in [-0.25, -0.2) is 14.4 Å². The van der Waals surface area contributed by atoms with Gasteiger partial charge in [0.05, 0.1) is 30.8 Å². The smallest absolute Gasteiger partial charge is 0.246 e. The molecule has 2 aliphatic heterocycles. The number of nitriles is 1. The molecule has 2 aliphatic rings. The van der Waals surface area contributed by atoms with Crippen LogP contribution < -0.4 is 9.80 Å². The van der Waals surface area contributed by atoms with Gasteiger partial charge >= 0.3 is 0 Å². The van der Waals surface area contributed by atoms with Crippen molar-refractivity contribution >= 4 is 28.2 Å². The van der Waals surface area contributed by atoms with Crippen LogP contribution in [0.25, 0.3) is 10.8 Å². The summed E-state index contributed by atoms with van der Waals surface area (Å²) in [5.41, 5.74) is 3.07. The number of nitrogens with zero attached hydrogens (tertiary/aromatic N) is 6. The second kappa shape index (κ2) is 9.34. The van der Waals surface area contributed by atoms with Crippen LogP contribution in [0.15, 0.2) is 49.1 Å². The molecule has 8 heteroatoms. The van der Waals surface area contributed by atoms with E-state index in [9.17, 15) is 14.4 Å². The summed E-state index contributed by atoms with van der Waals surface area (Å²) in [5, 5.41) is 10.8. The summed E-state index contributed by atoms with van der Waals surface area (Å²) >= 11 is 0. The molecule has 178 valence electrons. The van der Waals surface area contributed by atoms with Gasteiger partial charge in [-0.2, -0.15) is 5.26 Å². The predicted octanol–water partition coefficient (Wildman–Crippen LogP) is 3.76. The first kappa shape index (κ1) is 22.8. The summed E-state index contributed by atoms with van der Waals surface area (Å²) in [5.74, 6) is 1.21.